The van der Waals surface area contributed by atoms with Gasteiger partial charge in [-0.3, -0.25) is 9.78 Å². The zero-order valence-corrected chi connectivity index (χ0v) is 14.2. The summed E-state index contributed by atoms with van der Waals surface area (Å²) in [6.07, 6.45) is 5.92. The topological polar surface area (TPSA) is 72.7 Å². The highest BCUT2D eigenvalue weighted by molar-refractivity contribution is 7.07. The van der Waals surface area contributed by atoms with Gasteiger partial charge in [0.1, 0.15) is 12.7 Å². The molecule has 0 spiro atoms. The van der Waals surface area contributed by atoms with Gasteiger partial charge in [-0.2, -0.15) is 16.4 Å². The molecule has 7 heteroatoms. The zero-order valence-electron chi connectivity index (χ0n) is 13.4. The highest BCUT2D eigenvalue weighted by atomic mass is 32.1. The van der Waals surface area contributed by atoms with Gasteiger partial charge >= 0.3 is 0 Å². The van der Waals surface area contributed by atoms with Crippen LogP contribution in [0.3, 0.4) is 0 Å². The molecule has 6 nitrogen and oxygen atoms in total. The van der Waals surface area contributed by atoms with E-state index in [0.29, 0.717) is 6.42 Å². The van der Waals surface area contributed by atoms with Gasteiger partial charge in [0.25, 0.3) is 0 Å². The Kier molecular flexibility index (Phi) is 5.32. The van der Waals surface area contributed by atoms with Crippen LogP contribution in [-0.2, 0) is 11.2 Å². The molecule has 0 aliphatic rings. The van der Waals surface area contributed by atoms with E-state index >= 15 is 0 Å². The molecule has 0 aliphatic carbocycles. The zero-order chi connectivity index (χ0) is 16.8. The molecule has 0 saturated heterocycles. The highest BCUT2D eigenvalue weighted by Gasteiger charge is 2.19. The molecule has 124 valence electrons. The maximum atomic E-state index is 12.5. The van der Waals surface area contributed by atoms with Crippen molar-refractivity contribution in [1.29, 1.82) is 0 Å². The van der Waals surface area contributed by atoms with E-state index in [9.17, 15) is 4.79 Å². The van der Waals surface area contributed by atoms with Crippen molar-refractivity contribution in [1.82, 2.24) is 25.1 Å². The average molecular weight is 341 g/mol. The second-order valence-electron chi connectivity index (χ2n) is 5.64. The van der Waals surface area contributed by atoms with Crippen molar-refractivity contribution in [3.8, 4) is 0 Å². The third-order valence-corrected chi connectivity index (χ3v) is 4.50. The number of hydrogen-bond acceptors (Lipinski definition) is 5. The Labute approximate surface area is 144 Å². The summed E-state index contributed by atoms with van der Waals surface area (Å²) in [5.74, 6) is -0.0242. The Balaban J connectivity index is 1.68. The lowest BCUT2D eigenvalue weighted by molar-refractivity contribution is -0.122. The molecule has 0 saturated carbocycles. The first-order chi connectivity index (χ1) is 11.7. The van der Waals surface area contributed by atoms with Crippen molar-refractivity contribution < 1.29 is 4.79 Å². The van der Waals surface area contributed by atoms with Crippen molar-refractivity contribution in [2.75, 3.05) is 0 Å². The van der Waals surface area contributed by atoms with Crippen LogP contribution >= 0.6 is 11.3 Å². The summed E-state index contributed by atoms with van der Waals surface area (Å²) >= 11 is 1.65. The maximum Gasteiger partial charge on any atom is 0.222 e. The Morgan fingerprint density at radius 1 is 1.38 bits per heavy atom. The Morgan fingerprint density at radius 2 is 2.29 bits per heavy atom. The van der Waals surface area contributed by atoms with Gasteiger partial charge in [-0.1, -0.05) is 6.07 Å². The number of amides is 1. The fourth-order valence-electron chi connectivity index (χ4n) is 2.52. The van der Waals surface area contributed by atoms with E-state index in [-0.39, 0.29) is 18.0 Å². The van der Waals surface area contributed by atoms with E-state index in [0.717, 1.165) is 12.1 Å². The van der Waals surface area contributed by atoms with Crippen LogP contribution in [0.2, 0.25) is 0 Å². The third kappa shape index (κ3) is 4.26. The van der Waals surface area contributed by atoms with E-state index in [1.807, 2.05) is 30.5 Å². The molecule has 1 N–H and O–H groups in total. The molecule has 1 amide bonds. The summed E-state index contributed by atoms with van der Waals surface area (Å²) in [6.45, 7) is 1.95. The third-order valence-electron chi connectivity index (χ3n) is 3.77. The molecule has 0 bridgehead atoms. The second kappa shape index (κ2) is 7.83. The lowest BCUT2D eigenvalue weighted by atomic mass is 10.0. The van der Waals surface area contributed by atoms with Crippen LogP contribution < -0.4 is 5.32 Å². The fraction of sp³-hybridized carbons (Fsp3) is 0.294. The molecule has 3 rings (SSSR count). The lowest BCUT2D eigenvalue weighted by Crippen LogP contribution is -2.32. The summed E-state index contributed by atoms with van der Waals surface area (Å²) in [6, 6.07) is 7.64. The Morgan fingerprint density at radius 3 is 2.96 bits per heavy atom. The first-order valence-electron chi connectivity index (χ1n) is 7.78. The number of nitrogens with one attached hydrogen (secondary N) is 1. The number of carbonyl (C=O) groups excluding carboxylic acids is 1. The van der Waals surface area contributed by atoms with Crippen LogP contribution in [0, 0.1) is 0 Å². The Hall–Kier alpha value is -2.54. The van der Waals surface area contributed by atoms with Crippen LogP contribution in [0.1, 0.15) is 36.7 Å². The largest absolute Gasteiger partial charge is 0.347 e. The lowest BCUT2D eigenvalue weighted by Gasteiger charge is -2.19. The summed E-state index contributed by atoms with van der Waals surface area (Å²) in [4.78, 5) is 20.8. The average Bonchev–Trinajstić information content (AvgIpc) is 3.29. The first kappa shape index (κ1) is 16.3. The molecule has 24 heavy (non-hydrogen) atoms. The molecular weight excluding hydrogens is 322 g/mol. The minimum atomic E-state index is -0.142. The number of hydrogen-bond donors (Lipinski definition) is 1. The van der Waals surface area contributed by atoms with Crippen LogP contribution in [0.5, 0.6) is 0 Å². The molecule has 0 aromatic carbocycles. The molecule has 3 aromatic rings. The molecule has 0 aliphatic heterocycles. The molecule has 3 heterocycles. The first-order valence-corrected chi connectivity index (χ1v) is 8.72. The van der Waals surface area contributed by atoms with Gasteiger partial charge in [0.05, 0.1) is 17.8 Å². The minimum Gasteiger partial charge on any atom is -0.347 e. The van der Waals surface area contributed by atoms with Gasteiger partial charge in [0.15, 0.2) is 0 Å². The molecule has 0 radical (unpaired) electrons. The van der Waals surface area contributed by atoms with Gasteiger partial charge in [-0.15, -0.1) is 0 Å². The predicted molar refractivity (Wildman–Crippen MR) is 92.5 cm³/mol. The van der Waals surface area contributed by atoms with Crippen LogP contribution in [0.15, 0.2) is 53.9 Å². The quantitative estimate of drug-likeness (QED) is 0.717. The Bertz CT molecular complexity index is 743. The van der Waals surface area contributed by atoms with Crippen LogP contribution in [-0.4, -0.2) is 25.7 Å². The summed E-state index contributed by atoms with van der Waals surface area (Å²) in [5.41, 5.74) is 2.06. The molecule has 0 unspecified atom stereocenters. The van der Waals surface area contributed by atoms with Crippen molar-refractivity contribution in [2.24, 2.45) is 0 Å². The number of pyridine rings is 1. The maximum absolute atomic E-state index is 12.5. The van der Waals surface area contributed by atoms with Gasteiger partial charge in [0.2, 0.25) is 5.91 Å². The molecule has 3 aromatic heterocycles. The standard InChI is InChI=1S/C17H19N5OS/c1-13(22-12-18-11-20-22)8-17(23)21-16(9-14-5-7-24-10-14)15-4-2-3-6-19-15/h2-7,10-13,16H,8-9H2,1H3,(H,21,23)/t13-,16+/m0/s1. The SMILES string of the molecule is C[C@@H](CC(=O)N[C@H](Cc1ccsc1)c1ccccn1)n1cncn1. The van der Waals surface area contributed by atoms with E-state index in [1.165, 1.54) is 11.9 Å². The van der Waals surface area contributed by atoms with Crippen molar-refractivity contribution in [3.63, 3.8) is 0 Å². The normalized spacial score (nSPS) is 13.4. The monoisotopic (exact) mass is 341 g/mol. The van der Waals surface area contributed by atoms with Gasteiger partial charge in [-0.05, 0) is 47.9 Å². The molecule has 2 atom stereocenters. The highest BCUT2D eigenvalue weighted by Crippen LogP contribution is 2.19. The number of thiophene rings is 1. The number of aromatic nitrogens is 4. The van der Waals surface area contributed by atoms with E-state index in [1.54, 1.807) is 28.5 Å². The van der Waals surface area contributed by atoms with Crippen LogP contribution in [0.25, 0.3) is 0 Å². The van der Waals surface area contributed by atoms with Crippen LogP contribution in [0.4, 0.5) is 0 Å². The van der Waals surface area contributed by atoms with Gasteiger partial charge in [-0.25, -0.2) is 9.67 Å². The number of rotatable bonds is 7. The minimum absolute atomic E-state index is 0.0242. The number of carbonyl (C=O) groups is 1. The van der Waals surface area contributed by atoms with Crippen molar-refractivity contribution in [2.45, 2.75) is 31.8 Å². The van der Waals surface area contributed by atoms with E-state index in [4.69, 9.17) is 0 Å². The van der Waals surface area contributed by atoms with Gasteiger partial charge < -0.3 is 5.32 Å². The van der Waals surface area contributed by atoms with Crippen molar-refractivity contribution >= 4 is 17.2 Å². The van der Waals surface area contributed by atoms with E-state index < -0.39 is 0 Å². The summed E-state index contributed by atoms with van der Waals surface area (Å²) in [5, 5.41) is 11.3. The molecular formula is C17H19N5OS. The predicted octanol–water partition coefficient (Wildman–Crippen LogP) is 2.79. The second-order valence-corrected chi connectivity index (χ2v) is 6.42. The van der Waals surface area contributed by atoms with E-state index in [2.05, 4.69) is 31.8 Å². The summed E-state index contributed by atoms with van der Waals surface area (Å²) < 4.78 is 1.69. The molecule has 0 fully saturated rings. The summed E-state index contributed by atoms with van der Waals surface area (Å²) in [7, 11) is 0. The smallest absolute Gasteiger partial charge is 0.222 e. The fourth-order valence-corrected chi connectivity index (χ4v) is 3.20. The number of nitrogens with zero attached hydrogens (tertiary/aromatic N) is 4. The van der Waals surface area contributed by atoms with Gasteiger partial charge in [0, 0.05) is 12.6 Å². The van der Waals surface area contributed by atoms with Crippen molar-refractivity contribution in [3.05, 3.63) is 65.1 Å².